The Morgan fingerprint density at radius 3 is 2.90 bits per heavy atom. The first-order valence-electron chi connectivity index (χ1n) is 6.96. The second-order valence-corrected chi connectivity index (χ2v) is 6.63. The van der Waals surface area contributed by atoms with Gasteiger partial charge in [0.1, 0.15) is 5.75 Å². The van der Waals surface area contributed by atoms with Crippen LogP contribution in [0.25, 0.3) is 0 Å². The van der Waals surface area contributed by atoms with Crippen LogP contribution in [0.15, 0.2) is 22.7 Å². The molecule has 1 rings (SSSR count). The van der Waals surface area contributed by atoms with E-state index in [0.717, 1.165) is 48.7 Å². The minimum atomic E-state index is 0.721. The second-order valence-electron chi connectivity index (χ2n) is 4.32. The maximum Gasteiger partial charge on any atom is 0.123 e. The molecule has 0 amide bonds. The van der Waals surface area contributed by atoms with Crippen molar-refractivity contribution in [3.63, 3.8) is 0 Å². The minimum Gasteiger partial charge on any atom is -0.493 e. The maximum absolute atomic E-state index is 5.89. The summed E-state index contributed by atoms with van der Waals surface area (Å²) in [5, 5.41) is 3.35. The normalized spacial score (nSPS) is 10.8. The first-order chi connectivity index (χ1) is 9.77. The zero-order chi connectivity index (χ0) is 14.6. The zero-order valence-corrected chi connectivity index (χ0v) is 14.7. The molecule has 0 aliphatic heterocycles. The molecule has 0 saturated heterocycles. The van der Waals surface area contributed by atoms with E-state index in [2.05, 4.69) is 34.2 Å². The summed E-state index contributed by atoms with van der Waals surface area (Å²) in [6.07, 6.45) is 1.09. The second kappa shape index (κ2) is 11.4. The molecule has 1 aromatic carbocycles. The van der Waals surface area contributed by atoms with Crippen molar-refractivity contribution < 1.29 is 9.47 Å². The highest BCUT2D eigenvalue weighted by molar-refractivity contribution is 9.10. The van der Waals surface area contributed by atoms with E-state index >= 15 is 0 Å². The molecule has 0 radical (unpaired) electrons. The van der Waals surface area contributed by atoms with E-state index < -0.39 is 0 Å². The summed E-state index contributed by atoms with van der Waals surface area (Å²) < 4.78 is 12.0. The average Bonchev–Trinajstić information content (AvgIpc) is 2.45. The fraction of sp³-hybridized carbons (Fsp3) is 0.600. The van der Waals surface area contributed by atoms with E-state index in [1.54, 1.807) is 7.11 Å². The molecule has 0 spiro atoms. The van der Waals surface area contributed by atoms with Crippen molar-refractivity contribution in [1.82, 2.24) is 5.32 Å². The Morgan fingerprint density at radius 1 is 1.30 bits per heavy atom. The summed E-state index contributed by atoms with van der Waals surface area (Å²) in [7, 11) is 1.71. The molecule has 0 unspecified atom stereocenters. The summed E-state index contributed by atoms with van der Waals surface area (Å²) in [4.78, 5) is 0. The van der Waals surface area contributed by atoms with Crippen molar-refractivity contribution in [2.75, 3.05) is 38.4 Å². The van der Waals surface area contributed by atoms with Crippen LogP contribution in [0.3, 0.4) is 0 Å². The Labute approximate surface area is 134 Å². The molecular weight excluding hydrogens is 338 g/mol. The first-order valence-corrected chi connectivity index (χ1v) is 8.91. The Kier molecular flexibility index (Phi) is 10.2. The van der Waals surface area contributed by atoms with Crippen LogP contribution in [-0.4, -0.2) is 38.4 Å². The molecule has 1 aromatic rings. The predicted molar refractivity (Wildman–Crippen MR) is 90.8 cm³/mol. The molecule has 3 nitrogen and oxygen atoms in total. The van der Waals surface area contributed by atoms with E-state index in [0.29, 0.717) is 0 Å². The van der Waals surface area contributed by atoms with Crippen LogP contribution in [0.1, 0.15) is 18.9 Å². The summed E-state index contributed by atoms with van der Waals surface area (Å²) in [6.45, 7) is 5.32. The summed E-state index contributed by atoms with van der Waals surface area (Å²) in [5.74, 6) is 3.31. The number of nitrogens with one attached hydrogen (secondary N) is 1. The highest BCUT2D eigenvalue weighted by atomic mass is 79.9. The van der Waals surface area contributed by atoms with Crippen LogP contribution in [0, 0.1) is 0 Å². The van der Waals surface area contributed by atoms with Gasteiger partial charge in [-0.3, -0.25) is 0 Å². The van der Waals surface area contributed by atoms with Crippen molar-refractivity contribution in [2.45, 2.75) is 19.9 Å². The number of hydrogen-bond acceptors (Lipinski definition) is 4. The van der Waals surface area contributed by atoms with Gasteiger partial charge in [0, 0.05) is 30.2 Å². The predicted octanol–water partition coefficient (Wildman–Crippen LogP) is 3.71. The number of ether oxygens (including phenoxy) is 2. The minimum absolute atomic E-state index is 0.721. The van der Waals surface area contributed by atoms with Gasteiger partial charge >= 0.3 is 0 Å². The van der Waals surface area contributed by atoms with Crippen molar-refractivity contribution in [3.8, 4) is 5.75 Å². The zero-order valence-electron chi connectivity index (χ0n) is 12.3. The lowest BCUT2D eigenvalue weighted by molar-refractivity contribution is 0.199. The highest BCUT2D eigenvalue weighted by Gasteiger charge is 2.04. The third-order valence-corrected chi connectivity index (χ3v) is 4.19. The lowest BCUT2D eigenvalue weighted by atomic mass is 10.2. The molecule has 0 saturated carbocycles. The molecule has 0 fully saturated rings. The molecule has 20 heavy (non-hydrogen) atoms. The van der Waals surface area contributed by atoms with Crippen molar-refractivity contribution in [2.24, 2.45) is 0 Å². The third kappa shape index (κ3) is 7.53. The molecule has 0 atom stereocenters. The monoisotopic (exact) mass is 361 g/mol. The molecule has 0 heterocycles. The Balaban J connectivity index is 2.42. The molecule has 0 aliphatic rings. The van der Waals surface area contributed by atoms with E-state index in [1.165, 1.54) is 11.3 Å². The number of thioether (sulfide) groups is 1. The van der Waals surface area contributed by atoms with Gasteiger partial charge in [-0.2, -0.15) is 11.8 Å². The SMILES string of the molecule is CCSCCCOc1ccc(Br)cc1CNCCOC. The Morgan fingerprint density at radius 2 is 2.15 bits per heavy atom. The fourth-order valence-corrected chi connectivity index (χ4v) is 2.73. The van der Waals surface area contributed by atoms with Crippen molar-refractivity contribution in [1.29, 1.82) is 0 Å². The highest BCUT2D eigenvalue weighted by Crippen LogP contribution is 2.23. The molecule has 0 aromatic heterocycles. The molecule has 114 valence electrons. The van der Waals surface area contributed by atoms with Gasteiger partial charge in [-0.15, -0.1) is 0 Å². The van der Waals surface area contributed by atoms with Gasteiger partial charge in [-0.25, -0.2) is 0 Å². The van der Waals surface area contributed by atoms with Crippen LogP contribution in [-0.2, 0) is 11.3 Å². The summed E-state index contributed by atoms with van der Waals surface area (Å²) >= 11 is 5.47. The van der Waals surface area contributed by atoms with Crippen LogP contribution in [0.4, 0.5) is 0 Å². The topological polar surface area (TPSA) is 30.5 Å². The van der Waals surface area contributed by atoms with E-state index in [9.17, 15) is 0 Å². The van der Waals surface area contributed by atoms with Crippen LogP contribution in [0.2, 0.25) is 0 Å². The van der Waals surface area contributed by atoms with Gasteiger partial charge in [0.25, 0.3) is 0 Å². The average molecular weight is 362 g/mol. The van der Waals surface area contributed by atoms with Gasteiger partial charge in [-0.05, 0) is 36.1 Å². The number of halogens is 1. The maximum atomic E-state index is 5.89. The van der Waals surface area contributed by atoms with Crippen LogP contribution < -0.4 is 10.1 Å². The van der Waals surface area contributed by atoms with Gasteiger partial charge in [0.15, 0.2) is 0 Å². The molecular formula is C15H24BrNO2S. The quantitative estimate of drug-likeness (QED) is 0.608. The van der Waals surface area contributed by atoms with Gasteiger partial charge in [0.05, 0.1) is 13.2 Å². The number of rotatable bonds is 11. The standard InChI is InChI=1S/C15H24BrNO2S/c1-3-20-10-4-8-19-15-6-5-14(16)11-13(15)12-17-7-9-18-2/h5-6,11,17H,3-4,7-10,12H2,1-2H3. The number of methoxy groups -OCH3 is 1. The van der Waals surface area contributed by atoms with E-state index in [4.69, 9.17) is 9.47 Å². The molecule has 1 N–H and O–H groups in total. The molecule has 5 heteroatoms. The summed E-state index contributed by atoms with van der Waals surface area (Å²) in [6, 6.07) is 6.16. The van der Waals surface area contributed by atoms with Crippen molar-refractivity contribution in [3.05, 3.63) is 28.2 Å². The van der Waals surface area contributed by atoms with Crippen LogP contribution in [0.5, 0.6) is 5.75 Å². The van der Waals surface area contributed by atoms with Crippen molar-refractivity contribution >= 4 is 27.7 Å². The first kappa shape index (κ1) is 17.8. The van der Waals surface area contributed by atoms with Gasteiger partial charge < -0.3 is 14.8 Å². The van der Waals surface area contributed by atoms with Crippen LogP contribution >= 0.6 is 27.7 Å². The fourth-order valence-electron chi connectivity index (χ4n) is 1.71. The smallest absolute Gasteiger partial charge is 0.123 e. The number of benzene rings is 1. The lowest BCUT2D eigenvalue weighted by Gasteiger charge is -2.13. The van der Waals surface area contributed by atoms with E-state index in [-0.39, 0.29) is 0 Å². The molecule has 0 bridgehead atoms. The largest absolute Gasteiger partial charge is 0.493 e. The number of hydrogen-bond donors (Lipinski definition) is 1. The van der Waals surface area contributed by atoms with Gasteiger partial charge in [-0.1, -0.05) is 22.9 Å². The Hall–Kier alpha value is -0.230. The Bertz CT molecular complexity index is 377. The van der Waals surface area contributed by atoms with E-state index in [1.807, 2.05) is 23.9 Å². The summed E-state index contributed by atoms with van der Waals surface area (Å²) in [5.41, 5.74) is 1.18. The molecule has 0 aliphatic carbocycles. The third-order valence-electron chi connectivity index (χ3n) is 2.72. The van der Waals surface area contributed by atoms with Gasteiger partial charge in [0.2, 0.25) is 0 Å². The lowest BCUT2D eigenvalue weighted by Crippen LogP contribution is -2.19.